The number of ether oxygens (including phenoxy) is 2. The fourth-order valence-electron chi connectivity index (χ4n) is 3.11. The average molecular weight is 427 g/mol. The Labute approximate surface area is 188 Å². The lowest BCUT2D eigenvalue weighted by Crippen LogP contribution is -2.14. The molecule has 0 atom stereocenters. The summed E-state index contributed by atoms with van der Waals surface area (Å²) in [6.07, 6.45) is 1.53. The number of aryl methyl sites for hydroxylation is 2. The summed E-state index contributed by atoms with van der Waals surface area (Å²) in [5, 5.41) is 12.5. The Hall–Kier alpha value is -4.04. The van der Waals surface area contributed by atoms with Crippen molar-refractivity contribution in [3.05, 3.63) is 94.1 Å². The van der Waals surface area contributed by atoms with E-state index in [1.807, 2.05) is 69.3 Å². The van der Waals surface area contributed by atoms with Crippen molar-refractivity contribution in [1.82, 2.24) is 0 Å². The van der Waals surface area contributed by atoms with Gasteiger partial charge in [0.05, 0.1) is 7.11 Å². The zero-order chi connectivity index (χ0) is 23.1. The van der Waals surface area contributed by atoms with Gasteiger partial charge in [-0.15, -0.1) is 0 Å². The van der Waals surface area contributed by atoms with E-state index in [1.165, 1.54) is 11.6 Å². The molecule has 0 aromatic heterocycles. The van der Waals surface area contributed by atoms with Gasteiger partial charge in [-0.3, -0.25) is 4.79 Å². The summed E-state index contributed by atoms with van der Waals surface area (Å²) in [7, 11) is 1.58. The highest BCUT2D eigenvalue weighted by molar-refractivity contribution is 6.10. The van der Waals surface area contributed by atoms with Crippen LogP contribution in [0.25, 0.3) is 6.08 Å². The molecule has 1 amide bonds. The van der Waals surface area contributed by atoms with Gasteiger partial charge in [-0.05, 0) is 61.7 Å². The molecule has 0 aliphatic carbocycles. The van der Waals surface area contributed by atoms with E-state index >= 15 is 0 Å². The van der Waals surface area contributed by atoms with E-state index in [-0.39, 0.29) is 5.57 Å². The van der Waals surface area contributed by atoms with E-state index in [9.17, 15) is 10.1 Å². The van der Waals surface area contributed by atoms with Crippen LogP contribution in [0.2, 0.25) is 0 Å². The lowest BCUT2D eigenvalue weighted by Gasteiger charge is -2.13. The highest BCUT2D eigenvalue weighted by atomic mass is 16.5. The Morgan fingerprint density at radius 1 is 1.06 bits per heavy atom. The molecular formula is C27H26N2O3. The number of carbonyl (C=O) groups is 1. The van der Waals surface area contributed by atoms with Gasteiger partial charge in [-0.1, -0.05) is 42.0 Å². The highest BCUT2D eigenvalue weighted by Crippen LogP contribution is 2.28. The first-order chi connectivity index (χ1) is 15.4. The minimum Gasteiger partial charge on any atom is -0.497 e. The summed E-state index contributed by atoms with van der Waals surface area (Å²) in [6.45, 7) is 6.29. The zero-order valence-corrected chi connectivity index (χ0v) is 18.7. The third-order valence-electron chi connectivity index (χ3n) is 5.25. The van der Waals surface area contributed by atoms with Crippen molar-refractivity contribution >= 4 is 17.7 Å². The van der Waals surface area contributed by atoms with Crippen molar-refractivity contribution in [1.29, 1.82) is 5.26 Å². The van der Waals surface area contributed by atoms with Crippen molar-refractivity contribution in [3.63, 3.8) is 0 Å². The average Bonchev–Trinajstić information content (AvgIpc) is 2.80. The number of nitriles is 1. The number of anilines is 1. The molecule has 5 nitrogen and oxygen atoms in total. The third kappa shape index (κ3) is 5.55. The van der Waals surface area contributed by atoms with Crippen molar-refractivity contribution in [2.24, 2.45) is 0 Å². The minimum absolute atomic E-state index is 0.0174. The van der Waals surface area contributed by atoms with Crippen LogP contribution in [0.3, 0.4) is 0 Å². The number of rotatable bonds is 7. The number of benzene rings is 3. The van der Waals surface area contributed by atoms with Crippen LogP contribution in [0.1, 0.15) is 27.8 Å². The van der Waals surface area contributed by atoms with Crippen molar-refractivity contribution in [2.75, 3.05) is 12.4 Å². The van der Waals surface area contributed by atoms with Gasteiger partial charge in [0.25, 0.3) is 5.91 Å². The van der Waals surface area contributed by atoms with Gasteiger partial charge >= 0.3 is 0 Å². The van der Waals surface area contributed by atoms with Crippen LogP contribution in [0.5, 0.6) is 11.5 Å². The van der Waals surface area contributed by atoms with E-state index in [1.54, 1.807) is 25.3 Å². The second kappa shape index (κ2) is 10.3. The zero-order valence-electron chi connectivity index (χ0n) is 18.7. The smallest absolute Gasteiger partial charge is 0.266 e. The van der Waals surface area contributed by atoms with E-state index in [2.05, 4.69) is 5.32 Å². The molecule has 3 rings (SSSR count). The second-order valence-electron chi connectivity index (χ2n) is 7.55. The molecule has 3 aromatic carbocycles. The van der Waals surface area contributed by atoms with Crippen LogP contribution in [-0.4, -0.2) is 13.0 Å². The molecule has 0 saturated carbocycles. The molecule has 0 unspecified atom stereocenters. The highest BCUT2D eigenvalue weighted by Gasteiger charge is 2.14. The van der Waals surface area contributed by atoms with Crippen LogP contribution in [0.15, 0.2) is 66.2 Å². The van der Waals surface area contributed by atoms with Gasteiger partial charge in [0.1, 0.15) is 29.7 Å². The molecule has 0 aliphatic heterocycles. The summed E-state index contributed by atoms with van der Waals surface area (Å²) in [5.41, 5.74) is 5.49. The molecule has 3 aromatic rings. The van der Waals surface area contributed by atoms with Gasteiger partial charge in [0, 0.05) is 17.3 Å². The first-order valence-corrected chi connectivity index (χ1v) is 10.3. The van der Waals surface area contributed by atoms with Crippen molar-refractivity contribution < 1.29 is 14.3 Å². The largest absolute Gasteiger partial charge is 0.497 e. The molecule has 0 aliphatic rings. The molecule has 0 heterocycles. The van der Waals surface area contributed by atoms with Crippen LogP contribution in [-0.2, 0) is 11.4 Å². The SMILES string of the molecule is COc1ccc(/C=C(\C#N)C(=O)Nc2cccc(C)c2C)c(OCc2ccc(C)cc2)c1. The van der Waals surface area contributed by atoms with Gasteiger partial charge in [0.2, 0.25) is 0 Å². The molecule has 162 valence electrons. The molecule has 0 spiro atoms. The van der Waals surface area contributed by atoms with E-state index < -0.39 is 5.91 Å². The maximum absolute atomic E-state index is 12.8. The number of methoxy groups -OCH3 is 1. The Balaban J connectivity index is 1.87. The van der Waals surface area contributed by atoms with Gasteiger partial charge in [-0.25, -0.2) is 0 Å². The topological polar surface area (TPSA) is 71.3 Å². The van der Waals surface area contributed by atoms with Gasteiger partial charge in [-0.2, -0.15) is 5.26 Å². The number of hydrogen-bond donors (Lipinski definition) is 1. The summed E-state index contributed by atoms with van der Waals surface area (Å²) in [4.78, 5) is 12.8. The molecule has 0 radical (unpaired) electrons. The van der Waals surface area contributed by atoms with Crippen LogP contribution < -0.4 is 14.8 Å². The minimum atomic E-state index is -0.471. The van der Waals surface area contributed by atoms with E-state index in [0.717, 1.165) is 16.7 Å². The molecule has 32 heavy (non-hydrogen) atoms. The second-order valence-corrected chi connectivity index (χ2v) is 7.55. The number of nitrogens with one attached hydrogen (secondary N) is 1. The molecule has 5 heteroatoms. The van der Waals surface area contributed by atoms with Crippen LogP contribution >= 0.6 is 0 Å². The van der Waals surface area contributed by atoms with E-state index in [4.69, 9.17) is 9.47 Å². The fourth-order valence-corrected chi connectivity index (χ4v) is 3.11. The summed E-state index contributed by atoms with van der Waals surface area (Å²) < 4.78 is 11.3. The number of nitrogens with zero attached hydrogens (tertiary/aromatic N) is 1. The molecule has 1 N–H and O–H groups in total. The van der Waals surface area contributed by atoms with Gasteiger partial charge in [0.15, 0.2) is 0 Å². The molecular weight excluding hydrogens is 400 g/mol. The predicted molar refractivity (Wildman–Crippen MR) is 127 cm³/mol. The third-order valence-corrected chi connectivity index (χ3v) is 5.25. The Bertz CT molecular complexity index is 1190. The quantitative estimate of drug-likeness (QED) is 0.386. The maximum atomic E-state index is 12.8. The first kappa shape index (κ1) is 22.6. The maximum Gasteiger partial charge on any atom is 0.266 e. The molecule has 0 bridgehead atoms. The normalized spacial score (nSPS) is 10.9. The predicted octanol–water partition coefficient (Wildman–Crippen LogP) is 5.75. The molecule has 0 saturated heterocycles. The van der Waals surface area contributed by atoms with Crippen molar-refractivity contribution in [2.45, 2.75) is 27.4 Å². The number of hydrogen-bond acceptors (Lipinski definition) is 4. The number of carbonyl (C=O) groups excluding carboxylic acids is 1. The fraction of sp³-hybridized carbons (Fsp3) is 0.185. The first-order valence-electron chi connectivity index (χ1n) is 10.3. The van der Waals surface area contributed by atoms with E-state index in [0.29, 0.717) is 29.4 Å². The summed E-state index contributed by atoms with van der Waals surface area (Å²) >= 11 is 0. The Morgan fingerprint density at radius 2 is 1.81 bits per heavy atom. The Morgan fingerprint density at radius 3 is 2.50 bits per heavy atom. The molecule has 0 fully saturated rings. The van der Waals surface area contributed by atoms with Crippen molar-refractivity contribution in [3.8, 4) is 17.6 Å². The number of amides is 1. The Kier molecular flexibility index (Phi) is 7.30. The van der Waals surface area contributed by atoms with Gasteiger partial charge < -0.3 is 14.8 Å². The van der Waals surface area contributed by atoms with Crippen LogP contribution in [0.4, 0.5) is 5.69 Å². The lowest BCUT2D eigenvalue weighted by molar-refractivity contribution is -0.112. The summed E-state index contributed by atoms with van der Waals surface area (Å²) in [5.74, 6) is 0.679. The monoisotopic (exact) mass is 426 g/mol. The summed E-state index contributed by atoms with van der Waals surface area (Å²) in [6, 6.07) is 21.0. The standard InChI is InChI=1S/C27H26N2O3/c1-18-8-10-21(11-9-18)17-32-26-15-24(31-4)13-12-22(26)14-23(16-28)27(30)29-25-7-5-6-19(2)20(25)3/h5-15H,17H2,1-4H3,(H,29,30)/b23-14+. The lowest BCUT2D eigenvalue weighted by atomic mass is 10.1. The van der Waals surface area contributed by atoms with Crippen LogP contribution in [0, 0.1) is 32.1 Å².